The van der Waals surface area contributed by atoms with E-state index < -0.39 is 0 Å². The summed E-state index contributed by atoms with van der Waals surface area (Å²) in [6.45, 7) is 3.99. The molecule has 2 N–H and O–H groups in total. The van der Waals surface area contributed by atoms with E-state index in [2.05, 4.69) is 36.2 Å². The number of nitrogens with zero attached hydrogens (tertiary/aromatic N) is 4. The Kier molecular flexibility index (Phi) is 3.90. The summed E-state index contributed by atoms with van der Waals surface area (Å²) in [5, 5.41) is 4.57. The Hall–Kier alpha value is -2.47. The van der Waals surface area contributed by atoms with Gasteiger partial charge in [-0.3, -0.25) is 0 Å². The van der Waals surface area contributed by atoms with Gasteiger partial charge in [0.15, 0.2) is 0 Å². The Bertz CT molecular complexity index is 838. The van der Waals surface area contributed by atoms with Crippen LogP contribution < -0.4 is 10.2 Å². The molecule has 1 aliphatic heterocycles. The number of likely N-dealkylation sites (N-methyl/N-ethyl adjacent to an activating group) is 1. The standard InChI is InChI=1S/C18H22N6/c1-12-21-8-13(9-22-12)15-10-23-18-17(15)16(5-6-20-18)24-7-3-4-14(11-24)19-2/h5-6,8-10,14,19H,3-4,7,11H2,1-2H3,(H,20,23)/t14-/m1/s1. The molecule has 0 unspecified atom stereocenters. The quantitative estimate of drug-likeness (QED) is 0.775. The molecule has 24 heavy (non-hydrogen) atoms. The van der Waals surface area contributed by atoms with E-state index in [1.165, 1.54) is 18.5 Å². The third-order valence-corrected chi connectivity index (χ3v) is 4.81. The maximum atomic E-state index is 4.50. The lowest BCUT2D eigenvalue weighted by Crippen LogP contribution is -2.44. The zero-order valence-corrected chi connectivity index (χ0v) is 14.1. The highest BCUT2D eigenvalue weighted by molar-refractivity contribution is 6.02. The lowest BCUT2D eigenvalue weighted by atomic mass is 10.0. The fourth-order valence-corrected chi connectivity index (χ4v) is 3.49. The number of hydrogen-bond acceptors (Lipinski definition) is 5. The minimum Gasteiger partial charge on any atom is -0.369 e. The van der Waals surface area contributed by atoms with Crippen LogP contribution in [-0.4, -0.2) is 46.1 Å². The van der Waals surface area contributed by atoms with Crippen molar-refractivity contribution in [2.24, 2.45) is 0 Å². The Morgan fingerprint density at radius 3 is 2.88 bits per heavy atom. The van der Waals surface area contributed by atoms with Gasteiger partial charge < -0.3 is 15.2 Å². The first kappa shape index (κ1) is 15.1. The molecule has 0 amide bonds. The van der Waals surface area contributed by atoms with E-state index in [0.717, 1.165) is 41.1 Å². The Balaban J connectivity index is 1.81. The highest BCUT2D eigenvalue weighted by atomic mass is 15.2. The maximum Gasteiger partial charge on any atom is 0.139 e. The lowest BCUT2D eigenvalue weighted by Gasteiger charge is -2.34. The second kappa shape index (κ2) is 6.20. The van der Waals surface area contributed by atoms with Crippen molar-refractivity contribution in [3.05, 3.63) is 36.7 Å². The average molecular weight is 322 g/mol. The molecule has 4 heterocycles. The molecule has 1 aliphatic rings. The second-order valence-electron chi connectivity index (χ2n) is 6.35. The van der Waals surface area contributed by atoms with Crippen molar-refractivity contribution in [3.63, 3.8) is 0 Å². The Morgan fingerprint density at radius 1 is 1.25 bits per heavy atom. The fourth-order valence-electron chi connectivity index (χ4n) is 3.49. The van der Waals surface area contributed by atoms with E-state index in [9.17, 15) is 0 Å². The minimum absolute atomic E-state index is 0.534. The Morgan fingerprint density at radius 2 is 2.08 bits per heavy atom. The number of hydrogen-bond donors (Lipinski definition) is 2. The molecule has 0 bridgehead atoms. The van der Waals surface area contributed by atoms with Gasteiger partial charge in [-0.05, 0) is 32.9 Å². The summed E-state index contributed by atoms with van der Waals surface area (Å²) in [5.74, 6) is 0.782. The summed E-state index contributed by atoms with van der Waals surface area (Å²) < 4.78 is 0. The molecule has 0 aliphatic carbocycles. The predicted molar refractivity (Wildman–Crippen MR) is 96.2 cm³/mol. The number of aromatic amines is 1. The predicted octanol–water partition coefficient (Wildman–Crippen LogP) is 2.52. The zero-order valence-electron chi connectivity index (χ0n) is 14.1. The molecule has 3 aromatic heterocycles. The van der Waals surface area contributed by atoms with Crippen LogP contribution >= 0.6 is 0 Å². The fraction of sp³-hybridized carbons (Fsp3) is 0.389. The van der Waals surface area contributed by atoms with Crippen molar-refractivity contribution in [2.75, 3.05) is 25.0 Å². The van der Waals surface area contributed by atoms with Gasteiger partial charge in [0.25, 0.3) is 0 Å². The van der Waals surface area contributed by atoms with Crippen molar-refractivity contribution in [1.29, 1.82) is 0 Å². The maximum absolute atomic E-state index is 4.50. The summed E-state index contributed by atoms with van der Waals surface area (Å²) in [6, 6.07) is 2.65. The lowest BCUT2D eigenvalue weighted by molar-refractivity contribution is 0.450. The molecule has 6 heteroatoms. The summed E-state index contributed by atoms with van der Waals surface area (Å²) >= 11 is 0. The summed E-state index contributed by atoms with van der Waals surface area (Å²) in [4.78, 5) is 18.9. The summed E-state index contributed by atoms with van der Waals surface area (Å²) in [7, 11) is 2.04. The second-order valence-corrected chi connectivity index (χ2v) is 6.35. The van der Waals surface area contributed by atoms with Gasteiger partial charge in [-0.1, -0.05) is 0 Å². The van der Waals surface area contributed by atoms with Crippen LogP contribution in [0.1, 0.15) is 18.7 Å². The first-order chi connectivity index (χ1) is 11.8. The van der Waals surface area contributed by atoms with Crippen molar-refractivity contribution < 1.29 is 0 Å². The number of anilines is 1. The topological polar surface area (TPSA) is 69.7 Å². The number of nitrogens with one attached hydrogen (secondary N) is 2. The molecule has 1 atom stereocenters. The number of rotatable bonds is 3. The summed E-state index contributed by atoms with van der Waals surface area (Å²) in [5.41, 5.74) is 4.27. The molecule has 0 saturated carbocycles. The van der Waals surface area contributed by atoms with Crippen LogP contribution in [0.3, 0.4) is 0 Å². The molecule has 4 rings (SSSR count). The van der Waals surface area contributed by atoms with Gasteiger partial charge in [-0.25, -0.2) is 15.0 Å². The number of aryl methyl sites for hydroxylation is 1. The summed E-state index contributed by atoms with van der Waals surface area (Å²) in [6.07, 6.45) is 10.1. The first-order valence-electron chi connectivity index (χ1n) is 8.43. The smallest absolute Gasteiger partial charge is 0.139 e. The minimum atomic E-state index is 0.534. The number of fused-ring (bicyclic) bond motifs is 1. The monoisotopic (exact) mass is 322 g/mol. The van der Waals surface area contributed by atoms with Gasteiger partial charge in [0.2, 0.25) is 0 Å². The van der Waals surface area contributed by atoms with Crippen LogP contribution in [0, 0.1) is 6.92 Å². The van der Waals surface area contributed by atoms with E-state index in [0.29, 0.717) is 6.04 Å². The third kappa shape index (κ3) is 2.63. The van der Waals surface area contributed by atoms with E-state index in [1.807, 2.05) is 38.8 Å². The average Bonchev–Trinajstić information content (AvgIpc) is 3.06. The highest BCUT2D eigenvalue weighted by Crippen LogP contribution is 2.35. The van der Waals surface area contributed by atoms with Crippen LogP contribution in [0.2, 0.25) is 0 Å². The normalized spacial score (nSPS) is 18.2. The molecule has 1 saturated heterocycles. The Labute approximate surface area is 141 Å². The number of pyridine rings is 1. The van der Waals surface area contributed by atoms with Gasteiger partial charge in [-0.2, -0.15) is 0 Å². The van der Waals surface area contributed by atoms with Gasteiger partial charge in [0.05, 0.1) is 5.39 Å². The number of H-pyrrole nitrogens is 1. The first-order valence-corrected chi connectivity index (χ1v) is 8.43. The molecule has 124 valence electrons. The van der Waals surface area contributed by atoms with Crippen LogP contribution in [0.5, 0.6) is 0 Å². The van der Waals surface area contributed by atoms with Crippen molar-refractivity contribution in [2.45, 2.75) is 25.8 Å². The number of piperidine rings is 1. The molecule has 0 radical (unpaired) electrons. The molecule has 0 spiro atoms. The molecular formula is C18H22N6. The van der Waals surface area contributed by atoms with Gasteiger partial charge in [0, 0.05) is 60.7 Å². The third-order valence-electron chi connectivity index (χ3n) is 4.81. The largest absolute Gasteiger partial charge is 0.369 e. The molecule has 3 aromatic rings. The van der Waals surface area contributed by atoms with Crippen LogP contribution in [0.4, 0.5) is 5.69 Å². The highest BCUT2D eigenvalue weighted by Gasteiger charge is 2.22. The molecule has 0 aromatic carbocycles. The molecule has 1 fully saturated rings. The van der Waals surface area contributed by atoms with E-state index in [-0.39, 0.29) is 0 Å². The van der Waals surface area contributed by atoms with Crippen LogP contribution in [0.25, 0.3) is 22.2 Å². The molecular weight excluding hydrogens is 300 g/mol. The van der Waals surface area contributed by atoms with E-state index in [1.54, 1.807) is 0 Å². The van der Waals surface area contributed by atoms with Gasteiger partial charge in [0.1, 0.15) is 11.5 Å². The van der Waals surface area contributed by atoms with E-state index in [4.69, 9.17) is 0 Å². The SMILES string of the molecule is CN[C@@H]1CCCN(c2ccnc3[nH]cc(-c4cnc(C)nc4)c23)C1. The number of aromatic nitrogens is 4. The van der Waals surface area contributed by atoms with Gasteiger partial charge in [-0.15, -0.1) is 0 Å². The van der Waals surface area contributed by atoms with Crippen LogP contribution in [0.15, 0.2) is 30.9 Å². The van der Waals surface area contributed by atoms with Crippen LogP contribution in [-0.2, 0) is 0 Å². The van der Waals surface area contributed by atoms with Crippen molar-refractivity contribution in [3.8, 4) is 11.1 Å². The van der Waals surface area contributed by atoms with Crippen molar-refractivity contribution in [1.82, 2.24) is 25.3 Å². The molecule has 6 nitrogen and oxygen atoms in total. The van der Waals surface area contributed by atoms with Gasteiger partial charge >= 0.3 is 0 Å². The zero-order chi connectivity index (χ0) is 16.5. The van der Waals surface area contributed by atoms with Crippen molar-refractivity contribution >= 4 is 16.7 Å². The van der Waals surface area contributed by atoms with E-state index >= 15 is 0 Å².